The van der Waals surface area contributed by atoms with Crippen molar-refractivity contribution in [3.8, 4) is 0 Å². The van der Waals surface area contributed by atoms with E-state index in [4.69, 9.17) is 9.15 Å². The summed E-state index contributed by atoms with van der Waals surface area (Å²) in [5.41, 5.74) is -0.629. The molecule has 0 bridgehead atoms. The Bertz CT molecular complexity index is 898. The lowest BCUT2D eigenvalue weighted by Gasteiger charge is -2.33. The molecule has 0 radical (unpaired) electrons. The molecular formula is C24H40N4O6. The van der Waals surface area contributed by atoms with E-state index in [9.17, 15) is 19.5 Å². The van der Waals surface area contributed by atoms with Crippen LogP contribution in [0.2, 0.25) is 0 Å². The molecule has 1 aromatic heterocycles. The van der Waals surface area contributed by atoms with Gasteiger partial charge in [-0.2, -0.15) is 4.68 Å². The first-order valence-corrected chi connectivity index (χ1v) is 12.5. The Balaban J connectivity index is 1.69. The minimum absolute atomic E-state index is 0.0799. The van der Waals surface area contributed by atoms with Crippen molar-refractivity contribution in [1.29, 1.82) is 0 Å². The second-order valence-electron chi connectivity index (χ2n) is 11.2. The third-order valence-corrected chi connectivity index (χ3v) is 6.24. The number of nitrogens with one attached hydrogen (secondary N) is 2. The van der Waals surface area contributed by atoms with Crippen LogP contribution < -0.4 is 16.4 Å². The molecule has 3 rings (SSSR count). The first-order valence-electron chi connectivity index (χ1n) is 12.5. The van der Waals surface area contributed by atoms with E-state index >= 15 is 0 Å². The Hall–Kier alpha value is -2.36. The average Bonchev–Trinajstić information content (AvgIpc) is 3.46. The molecule has 0 aliphatic heterocycles. The van der Waals surface area contributed by atoms with E-state index in [1.807, 2.05) is 13.8 Å². The SMILES string of the molecule is CC(C)C[C@H](NC(=O)[C@@H]1CCCC[C@@H]1NC(=O)OC(C)(C)C)C(O)c1nn(CC2CC2)c(=O)o1. The standard InChI is InChI=1S/C24H40N4O6/c1-14(2)12-18(19(29)21-27-28(23(32)33-21)13-15-10-11-15)25-20(30)16-8-6-7-9-17(16)26-22(31)34-24(3,4)5/h14-19,29H,6-13H2,1-5H3,(H,25,30)(H,26,31)/t16-,17+,18+,19?/m1/s1. The number of aliphatic hydroxyl groups excluding tert-OH is 1. The third-order valence-electron chi connectivity index (χ3n) is 6.24. The first kappa shape index (κ1) is 26.2. The number of rotatable bonds is 9. The van der Waals surface area contributed by atoms with Crippen molar-refractivity contribution in [1.82, 2.24) is 20.4 Å². The number of hydrogen-bond donors (Lipinski definition) is 3. The Morgan fingerprint density at radius 1 is 1.21 bits per heavy atom. The van der Waals surface area contributed by atoms with Crippen LogP contribution >= 0.6 is 0 Å². The highest BCUT2D eigenvalue weighted by molar-refractivity contribution is 5.81. The van der Waals surface area contributed by atoms with Crippen molar-refractivity contribution in [3.63, 3.8) is 0 Å². The van der Waals surface area contributed by atoms with E-state index in [-0.39, 0.29) is 23.8 Å². The van der Waals surface area contributed by atoms with Gasteiger partial charge in [0.1, 0.15) is 5.60 Å². The quantitative estimate of drug-likeness (QED) is 0.494. The first-order chi connectivity index (χ1) is 15.9. The van der Waals surface area contributed by atoms with Crippen LogP contribution in [0, 0.1) is 17.8 Å². The van der Waals surface area contributed by atoms with Gasteiger partial charge in [0.25, 0.3) is 0 Å². The van der Waals surface area contributed by atoms with Crippen molar-refractivity contribution >= 4 is 12.0 Å². The van der Waals surface area contributed by atoms with Crippen LogP contribution in [0.4, 0.5) is 4.79 Å². The van der Waals surface area contributed by atoms with Gasteiger partial charge in [0.2, 0.25) is 11.8 Å². The molecule has 192 valence electrons. The highest BCUT2D eigenvalue weighted by atomic mass is 16.6. The topological polar surface area (TPSA) is 136 Å². The van der Waals surface area contributed by atoms with Gasteiger partial charge in [-0.1, -0.05) is 26.7 Å². The smallest absolute Gasteiger partial charge is 0.437 e. The predicted octanol–water partition coefficient (Wildman–Crippen LogP) is 2.89. The van der Waals surface area contributed by atoms with Gasteiger partial charge in [-0.3, -0.25) is 4.79 Å². The Kier molecular flexibility index (Phi) is 8.43. The van der Waals surface area contributed by atoms with Crippen LogP contribution in [0.5, 0.6) is 0 Å². The number of carbonyl (C=O) groups excluding carboxylic acids is 2. The van der Waals surface area contributed by atoms with Crippen LogP contribution in [0.25, 0.3) is 0 Å². The number of nitrogens with zero attached hydrogens (tertiary/aromatic N) is 2. The van der Waals surface area contributed by atoms with Gasteiger partial charge in [-0.25, -0.2) is 9.59 Å². The summed E-state index contributed by atoms with van der Waals surface area (Å²) in [7, 11) is 0. The minimum Gasteiger partial charge on any atom is -0.444 e. The highest BCUT2D eigenvalue weighted by Gasteiger charge is 2.36. The fraction of sp³-hybridized carbons (Fsp3) is 0.833. The summed E-state index contributed by atoms with van der Waals surface area (Å²) in [6.45, 7) is 9.83. The maximum Gasteiger partial charge on any atom is 0.437 e. The van der Waals surface area contributed by atoms with E-state index in [0.717, 1.165) is 25.7 Å². The maximum absolute atomic E-state index is 13.3. The van der Waals surface area contributed by atoms with E-state index < -0.39 is 35.5 Å². The number of hydrogen-bond acceptors (Lipinski definition) is 7. The van der Waals surface area contributed by atoms with Crippen molar-refractivity contribution in [3.05, 3.63) is 16.4 Å². The lowest BCUT2D eigenvalue weighted by Crippen LogP contribution is -2.52. The van der Waals surface area contributed by atoms with Crippen molar-refractivity contribution in [2.24, 2.45) is 17.8 Å². The zero-order chi connectivity index (χ0) is 25.0. The van der Waals surface area contributed by atoms with Crippen LogP contribution in [0.3, 0.4) is 0 Å². The van der Waals surface area contributed by atoms with Crippen molar-refractivity contribution < 1.29 is 23.8 Å². The van der Waals surface area contributed by atoms with E-state index in [1.54, 1.807) is 20.8 Å². The summed E-state index contributed by atoms with van der Waals surface area (Å²) >= 11 is 0. The van der Waals surface area contributed by atoms with Gasteiger partial charge in [0, 0.05) is 6.04 Å². The van der Waals surface area contributed by atoms with Crippen LogP contribution in [-0.4, -0.2) is 44.6 Å². The molecule has 1 heterocycles. The largest absolute Gasteiger partial charge is 0.444 e. The molecule has 2 fully saturated rings. The molecule has 10 heteroatoms. The fourth-order valence-electron chi connectivity index (χ4n) is 4.42. The number of aromatic nitrogens is 2. The lowest BCUT2D eigenvalue weighted by atomic mass is 9.83. The zero-order valence-corrected chi connectivity index (χ0v) is 21.0. The van der Waals surface area contributed by atoms with Crippen LogP contribution in [0.1, 0.15) is 91.6 Å². The summed E-state index contributed by atoms with van der Waals surface area (Å²) in [6, 6.07) is -1.03. The van der Waals surface area contributed by atoms with Gasteiger partial charge >= 0.3 is 11.8 Å². The molecule has 1 aromatic rings. The van der Waals surface area contributed by atoms with Gasteiger partial charge in [0.05, 0.1) is 18.5 Å². The Morgan fingerprint density at radius 3 is 2.50 bits per heavy atom. The van der Waals surface area contributed by atoms with Crippen LogP contribution in [-0.2, 0) is 16.1 Å². The highest BCUT2D eigenvalue weighted by Crippen LogP contribution is 2.30. The molecular weight excluding hydrogens is 440 g/mol. The van der Waals surface area contributed by atoms with Crippen molar-refractivity contribution in [2.75, 3.05) is 0 Å². The lowest BCUT2D eigenvalue weighted by molar-refractivity contribution is -0.128. The molecule has 2 amide bonds. The van der Waals surface area contributed by atoms with Gasteiger partial charge in [-0.05, 0) is 64.7 Å². The Labute approximate surface area is 200 Å². The predicted molar refractivity (Wildman–Crippen MR) is 125 cm³/mol. The van der Waals surface area contributed by atoms with E-state index in [0.29, 0.717) is 31.7 Å². The molecule has 2 aliphatic rings. The fourth-order valence-corrected chi connectivity index (χ4v) is 4.42. The van der Waals surface area contributed by atoms with Gasteiger partial charge in [-0.15, -0.1) is 5.10 Å². The molecule has 0 spiro atoms. The Morgan fingerprint density at radius 2 is 1.88 bits per heavy atom. The molecule has 34 heavy (non-hydrogen) atoms. The molecule has 0 aromatic carbocycles. The summed E-state index contributed by atoms with van der Waals surface area (Å²) in [5, 5.41) is 21.0. The molecule has 1 unspecified atom stereocenters. The number of amides is 2. The molecule has 0 saturated heterocycles. The summed E-state index contributed by atoms with van der Waals surface area (Å²) in [4.78, 5) is 37.8. The van der Waals surface area contributed by atoms with E-state index in [1.165, 1.54) is 4.68 Å². The molecule has 2 saturated carbocycles. The normalized spacial score (nSPS) is 22.8. The monoisotopic (exact) mass is 480 g/mol. The summed E-state index contributed by atoms with van der Waals surface area (Å²) in [6.07, 6.45) is 3.89. The average molecular weight is 481 g/mol. The maximum atomic E-state index is 13.3. The zero-order valence-electron chi connectivity index (χ0n) is 21.0. The molecule has 3 N–H and O–H groups in total. The molecule has 4 atom stereocenters. The number of ether oxygens (including phenoxy) is 1. The van der Waals surface area contributed by atoms with Crippen molar-refractivity contribution in [2.45, 2.75) is 110 Å². The molecule has 2 aliphatic carbocycles. The number of carbonyl (C=O) groups is 2. The summed E-state index contributed by atoms with van der Waals surface area (Å²) < 4.78 is 11.9. The van der Waals surface area contributed by atoms with Gasteiger partial charge in [0.15, 0.2) is 6.10 Å². The third kappa shape index (κ3) is 7.58. The number of aliphatic hydroxyl groups is 1. The molecule has 10 nitrogen and oxygen atoms in total. The number of alkyl carbamates (subject to hydrolysis) is 1. The second-order valence-corrected chi connectivity index (χ2v) is 11.2. The van der Waals surface area contributed by atoms with Gasteiger partial charge < -0.3 is 24.9 Å². The summed E-state index contributed by atoms with van der Waals surface area (Å²) in [5.74, 6) is -0.761. The van der Waals surface area contributed by atoms with E-state index in [2.05, 4.69) is 15.7 Å². The van der Waals surface area contributed by atoms with Crippen LogP contribution in [0.15, 0.2) is 9.21 Å². The minimum atomic E-state index is -1.25. The second kappa shape index (κ2) is 10.9.